The van der Waals surface area contributed by atoms with Crippen LogP contribution in [0.1, 0.15) is 0 Å². The van der Waals surface area contributed by atoms with Gasteiger partial charge in [-0.2, -0.15) is 0 Å². The first-order valence-corrected chi connectivity index (χ1v) is 3.86. The molecular formula is C7H12N2O3. The average Bonchev–Trinajstić information content (AvgIpc) is 2.05. The van der Waals surface area contributed by atoms with Crippen molar-refractivity contribution in [1.29, 1.82) is 0 Å². The summed E-state index contributed by atoms with van der Waals surface area (Å²) in [6, 6.07) is 0. The number of carbonyl (C=O) groups is 2. The quantitative estimate of drug-likeness (QED) is 0.546. The highest BCUT2D eigenvalue weighted by Gasteiger charge is 2.16. The molecule has 1 aliphatic rings. The first kappa shape index (κ1) is 8.99. The van der Waals surface area contributed by atoms with Crippen LogP contribution in [-0.4, -0.2) is 60.0 Å². The maximum atomic E-state index is 10.3. The summed E-state index contributed by atoms with van der Waals surface area (Å²) in [6.07, 6.45) is 0.804. The van der Waals surface area contributed by atoms with Crippen LogP contribution in [0.4, 0.5) is 0 Å². The second-order valence-corrected chi connectivity index (χ2v) is 2.81. The third-order valence-electron chi connectivity index (χ3n) is 1.91. The summed E-state index contributed by atoms with van der Waals surface area (Å²) < 4.78 is 0. The van der Waals surface area contributed by atoms with E-state index in [9.17, 15) is 9.59 Å². The molecule has 0 aliphatic carbocycles. The molecule has 68 valence electrons. The minimum atomic E-state index is -0.811. The van der Waals surface area contributed by atoms with E-state index in [4.69, 9.17) is 5.11 Å². The van der Waals surface area contributed by atoms with Crippen molar-refractivity contribution in [3.8, 4) is 0 Å². The lowest BCUT2D eigenvalue weighted by molar-refractivity contribution is -0.138. The molecule has 0 atom stereocenters. The fraction of sp³-hybridized carbons (Fsp3) is 0.714. The SMILES string of the molecule is O=CN1CCN(CC(=O)O)CC1. The number of amides is 1. The van der Waals surface area contributed by atoms with Crippen LogP contribution in [0.5, 0.6) is 0 Å². The number of piperazine rings is 1. The highest BCUT2D eigenvalue weighted by Crippen LogP contribution is 1.97. The minimum absolute atomic E-state index is 0.0761. The van der Waals surface area contributed by atoms with Gasteiger partial charge in [-0.05, 0) is 0 Å². The van der Waals surface area contributed by atoms with Crippen molar-refractivity contribution in [2.24, 2.45) is 0 Å². The molecule has 1 fully saturated rings. The Morgan fingerprint density at radius 1 is 1.33 bits per heavy atom. The number of hydrogen-bond donors (Lipinski definition) is 1. The molecule has 0 saturated carbocycles. The maximum Gasteiger partial charge on any atom is 0.317 e. The second-order valence-electron chi connectivity index (χ2n) is 2.81. The molecule has 5 heteroatoms. The fourth-order valence-electron chi connectivity index (χ4n) is 1.22. The van der Waals surface area contributed by atoms with Gasteiger partial charge in [-0.25, -0.2) is 0 Å². The number of aliphatic carboxylic acids is 1. The molecule has 1 N–H and O–H groups in total. The van der Waals surface area contributed by atoms with Crippen LogP contribution in [0.2, 0.25) is 0 Å². The van der Waals surface area contributed by atoms with Gasteiger partial charge in [-0.3, -0.25) is 14.5 Å². The van der Waals surface area contributed by atoms with Gasteiger partial charge in [0.05, 0.1) is 6.54 Å². The van der Waals surface area contributed by atoms with E-state index >= 15 is 0 Å². The van der Waals surface area contributed by atoms with E-state index < -0.39 is 5.97 Å². The molecule has 1 amide bonds. The largest absolute Gasteiger partial charge is 0.480 e. The molecule has 12 heavy (non-hydrogen) atoms. The van der Waals surface area contributed by atoms with Gasteiger partial charge in [-0.15, -0.1) is 0 Å². The van der Waals surface area contributed by atoms with Gasteiger partial charge in [0.2, 0.25) is 6.41 Å². The Hall–Kier alpha value is -1.10. The van der Waals surface area contributed by atoms with Crippen LogP contribution >= 0.6 is 0 Å². The van der Waals surface area contributed by atoms with Gasteiger partial charge in [0.15, 0.2) is 0 Å². The molecule has 5 nitrogen and oxygen atoms in total. The molecule has 0 radical (unpaired) electrons. The average molecular weight is 172 g/mol. The third-order valence-corrected chi connectivity index (χ3v) is 1.91. The van der Waals surface area contributed by atoms with E-state index in [0.717, 1.165) is 6.41 Å². The molecule has 1 heterocycles. The van der Waals surface area contributed by atoms with E-state index in [0.29, 0.717) is 26.2 Å². The monoisotopic (exact) mass is 172 g/mol. The predicted octanol–water partition coefficient (Wildman–Crippen LogP) is -1.15. The van der Waals surface area contributed by atoms with Gasteiger partial charge >= 0.3 is 5.97 Å². The Morgan fingerprint density at radius 2 is 1.92 bits per heavy atom. The van der Waals surface area contributed by atoms with E-state index in [1.54, 1.807) is 4.90 Å². The van der Waals surface area contributed by atoms with Crippen LogP contribution in [0, 0.1) is 0 Å². The van der Waals surface area contributed by atoms with Crippen molar-refractivity contribution in [2.75, 3.05) is 32.7 Å². The fourth-order valence-corrected chi connectivity index (χ4v) is 1.22. The summed E-state index contributed by atoms with van der Waals surface area (Å²) in [6.45, 7) is 2.66. The topological polar surface area (TPSA) is 60.9 Å². The normalized spacial score (nSPS) is 19.2. The number of carbonyl (C=O) groups excluding carboxylic acids is 1. The van der Waals surface area contributed by atoms with Crippen molar-refractivity contribution in [3.05, 3.63) is 0 Å². The van der Waals surface area contributed by atoms with Crippen molar-refractivity contribution in [2.45, 2.75) is 0 Å². The number of hydrogen-bond acceptors (Lipinski definition) is 3. The van der Waals surface area contributed by atoms with Crippen molar-refractivity contribution in [3.63, 3.8) is 0 Å². The minimum Gasteiger partial charge on any atom is -0.480 e. The van der Waals surface area contributed by atoms with E-state index in [2.05, 4.69) is 0 Å². The van der Waals surface area contributed by atoms with Gasteiger partial charge in [0, 0.05) is 26.2 Å². The van der Waals surface area contributed by atoms with Crippen LogP contribution in [0.3, 0.4) is 0 Å². The molecule has 0 unspecified atom stereocenters. The number of carboxylic acid groups (broad SMARTS) is 1. The van der Waals surface area contributed by atoms with Crippen LogP contribution in [0.15, 0.2) is 0 Å². The molecule has 0 aromatic carbocycles. The highest BCUT2D eigenvalue weighted by molar-refractivity contribution is 5.69. The van der Waals surface area contributed by atoms with Crippen LogP contribution in [0.25, 0.3) is 0 Å². The van der Waals surface area contributed by atoms with E-state index in [1.165, 1.54) is 0 Å². The lowest BCUT2D eigenvalue weighted by atomic mass is 10.3. The smallest absolute Gasteiger partial charge is 0.317 e. The Kier molecular flexibility index (Phi) is 3.04. The summed E-state index contributed by atoms with van der Waals surface area (Å²) in [5, 5.41) is 8.46. The summed E-state index contributed by atoms with van der Waals surface area (Å²) in [7, 11) is 0. The lowest BCUT2D eigenvalue weighted by Gasteiger charge is -2.31. The number of rotatable bonds is 3. The molecule has 0 aromatic heterocycles. The Bertz CT molecular complexity index is 175. The summed E-state index contributed by atoms with van der Waals surface area (Å²) in [4.78, 5) is 24.0. The zero-order chi connectivity index (χ0) is 8.97. The van der Waals surface area contributed by atoms with Crippen molar-refractivity contribution in [1.82, 2.24) is 9.80 Å². The predicted molar refractivity (Wildman–Crippen MR) is 41.7 cm³/mol. The Morgan fingerprint density at radius 3 is 2.33 bits per heavy atom. The van der Waals surface area contributed by atoms with Crippen molar-refractivity contribution < 1.29 is 14.7 Å². The molecule has 1 saturated heterocycles. The van der Waals surface area contributed by atoms with E-state index in [1.807, 2.05) is 4.90 Å². The molecule has 0 spiro atoms. The van der Waals surface area contributed by atoms with Gasteiger partial charge in [0.1, 0.15) is 0 Å². The summed E-state index contributed by atoms with van der Waals surface area (Å²) in [5.74, 6) is -0.811. The van der Waals surface area contributed by atoms with Crippen LogP contribution < -0.4 is 0 Å². The molecular weight excluding hydrogens is 160 g/mol. The molecule has 0 bridgehead atoms. The standard InChI is InChI=1S/C7H12N2O3/c10-6-9-3-1-8(2-4-9)5-7(11)12/h6H,1-5H2,(H,11,12). The molecule has 1 rings (SSSR count). The summed E-state index contributed by atoms with van der Waals surface area (Å²) in [5.41, 5.74) is 0. The van der Waals surface area contributed by atoms with Gasteiger partial charge in [0.25, 0.3) is 0 Å². The Balaban J connectivity index is 2.26. The van der Waals surface area contributed by atoms with Crippen molar-refractivity contribution >= 4 is 12.4 Å². The molecule has 0 aromatic rings. The van der Waals surface area contributed by atoms with Crippen LogP contribution in [-0.2, 0) is 9.59 Å². The zero-order valence-electron chi connectivity index (χ0n) is 6.77. The number of nitrogens with zero attached hydrogens (tertiary/aromatic N) is 2. The first-order valence-electron chi connectivity index (χ1n) is 3.86. The second kappa shape index (κ2) is 4.06. The number of carboxylic acids is 1. The summed E-state index contributed by atoms with van der Waals surface area (Å²) >= 11 is 0. The zero-order valence-corrected chi connectivity index (χ0v) is 6.77. The first-order chi connectivity index (χ1) is 5.72. The third kappa shape index (κ3) is 2.50. The molecule has 1 aliphatic heterocycles. The maximum absolute atomic E-state index is 10.3. The Labute approximate surface area is 70.6 Å². The van der Waals surface area contributed by atoms with E-state index in [-0.39, 0.29) is 6.54 Å². The highest BCUT2D eigenvalue weighted by atomic mass is 16.4. The van der Waals surface area contributed by atoms with Gasteiger partial charge < -0.3 is 10.0 Å². The van der Waals surface area contributed by atoms with Gasteiger partial charge in [-0.1, -0.05) is 0 Å². The lowest BCUT2D eigenvalue weighted by Crippen LogP contribution is -2.47.